The Hall–Kier alpha value is -1.13. The zero-order valence-electron chi connectivity index (χ0n) is 11.5. The topological polar surface area (TPSA) is 41.5 Å². The zero-order chi connectivity index (χ0) is 13.8. The Morgan fingerprint density at radius 1 is 1.39 bits per heavy atom. The van der Waals surface area contributed by atoms with Crippen molar-refractivity contribution in [2.24, 2.45) is 0 Å². The smallest absolute Gasteiger partial charge is 0.125 e. The highest BCUT2D eigenvalue weighted by atomic mass is 19.1. The summed E-state index contributed by atoms with van der Waals surface area (Å²) in [5.41, 5.74) is 1.38. The van der Waals surface area contributed by atoms with Gasteiger partial charge in [-0.1, -0.05) is 6.07 Å². The van der Waals surface area contributed by atoms with Crippen LogP contribution in [0.5, 0.6) is 0 Å². The molecule has 0 bridgehead atoms. The molecule has 0 aromatic heterocycles. The molecule has 3 nitrogen and oxygen atoms in total. The van der Waals surface area contributed by atoms with E-state index < -0.39 is 6.10 Å². The molecule has 0 aliphatic heterocycles. The van der Waals surface area contributed by atoms with Crippen molar-refractivity contribution in [1.29, 1.82) is 0 Å². The lowest BCUT2D eigenvalue weighted by Gasteiger charge is -2.22. The molecule has 1 rings (SSSR count). The number of anilines is 1. The standard InChI is InChI=1S/C14H22FNO2/c1-10-5-6-11(15)7-13(10)16-8-12(17)9-18-14(2,3)4/h5-7,12,16-17H,8-9H2,1-4H3. The predicted octanol–water partition coefficient (Wildman–Crippen LogP) is 2.72. The van der Waals surface area contributed by atoms with Gasteiger partial charge in [-0.25, -0.2) is 4.39 Å². The molecule has 0 saturated carbocycles. The lowest BCUT2D eigenvalue weighted by Crippen LogP contribution is -2.30. The van der Waals surface area contributed by atoms with Gasteiger partial charge in [-0.15, -0.1) is 0 Å². The number of hydrogen-bond acceptors (Lipinski definition) is 3. The first-order chi connectivity index (χ1) is 8.28. The van der Waals surface area contributed by atoms with E-state index in [1.165, 1.54) is 12.1 Å². The van der Waals surface area contributed by atoms with Gasteiger partial charge in [-0.05, 0) is 45.4 Å². The number of ether oxygens (including phenoxy) is 1. The van der Waals surface area contributed by atoms with Crippen LogP contribution < -0.4 is 5.32 Å². The second-order valence-electron chi connectivity index (χ2n) is 5.42. The van der Waals surface area contributed by atoms with Gasteiger partial charge in [0, 0.05) is 12.2 Å². The molecular weight excluding hydrogens is 233 g/mol. The van der Waals surface area contributed by atoms with Crippen molar-refractivity contribution in [2.45, 2.75) is 39.4 Å². The molecule has 0 radical (unpaired) electrons. The summed E-state index contributed by atoms with van der Waals surface area (Å²) in [5.74, 6) is -0.288. The number of nitrogens with one attached hydrogen (secondary N) is 1. The number of benzene rings is 1. The van der Waals surface area contributed by atoms with Crippen molar-refractivity contribution in [2.75, 3.05) is 18.5 Å². The lowest BCUT2D eigenvalue weighted by molar-refractivity contribution is -0.0449. The maximum atomic E-state index is 13.0. The van der Waals surface area contributed by atoms with E-state index in [0.717, 1.165) is 5.56 Å². The van der Waals surface area contributed by atoms with E-state index in [1.54, 1.807) is 6.07 Å². The fourth-order valence-electron chi connectivity index (χ4n) is 1.42. The molecule has 2 N–H and O–H groups in total. The second kappa shape index (κ2) is 6.16. The number of aliphatic hydroxyl groups excluding tert-OH is 1. The molecular formula is C14H22FNO2. The average molecular weight is 255 g/mol. The van der Waals surface area contributed by atoms with Gasteiger partial charge in [0.15, 0.2) is 0 Å². The molecule has 0 heterocycles. The molecule has 102 valence electrons. The summed E-state index contributed by atoms with van der Waals surface area (Å²) in [6.45, 7) is 8.28. The molecule has 0 aliphatic carbocycles. The Balaban J connectivity index is 2.42. The van der Waals surface area contributed by atoms with Gasteiger partial charge in [-0.2, -0.15) is 0 Å². The molecule has 0 fully saturated rings. The van der Waals surface area contributed by atoms with Crippen LogP contribution in [0.3, 0.4) is 0 Å². The highest BCUT2D eigenvalue weighted by Crippen LogP contribution is 2.16. The molecule has 1 unspecified atom stereocenters. The van der Waals surface area contributed by atoms with Gasteiger partial charge in [-0.3, -0.25) is 0 Å². The van der Waals surface area contributed by atoms with Crippen LogP contribution >= 0.6 is 0 Å². The molecule has 0 spiro atoms. The number of rotatable bonds is 5. The molecule has 18 heavy (non-hydrogen) atoms. The number of aliphatic hydroxyl groups is 1. The Labute approximate surface area is 108 Å². The van der Waals surface area contributed by atoms with E-state index in [0.29, 0.717) is 12.2 Å². The Kier molecular flexibility index (Phi) is 5.11. The van der Waals surface area contributed by atoms with E-state index in [1.807, 2.05) is 27.7 Å². The molecule has 1 aromatic carbocycles. The van der Waals surface area contributed by atoms with Gasteiger partial charge >= 0.3 is 0 Å². The summed E-state index contributed by atoms with van der Waals surface area (Å²) in [5, 5.41) is 12.8. The third-order valence-corrected chi connectivity index (χ3v) is 2.44. The minimum Gasteiger partial charge on any atom is -0.389 e. The minimum atomic E-state index is -0.619. The van der Waals surface area contributed by atoms with E-state index in [-0.39, 0.29) is 18.0 Å². The lowest BCUT2D eigenvalue weighted by atomic mass is 10.2. The van der Waals surface area contributed by atoms with Crippen molar-refractivity contribution in [1.82, 2.24) is 0 Å². The number of halogens is 1. The van der Waals surface area contributed by atoms with Crippen LogP contribution in [0.4, 0.5) is 10.1 Å². The van der Waals surface area contributed by atoms with E-state index in [9.17, 15) is 9.50 Å². The number of aryl methyl sites for hydroxylation is 1. The van der Waals surface area contributed by atoms with Gasteiger partial charge in [0.05, 0.1) is 18.3 Å². The predicted molar refractivity (Wildman–Crippen MR) is 71.3 cm³/mol. The molecule has 4 heteroatoms. The van der Waals surface area contributed by atoms with Gasteiger partial charge < -0.3 is 15.2 Å². The first-order valence-electron chi connectivity index (χ1n) is 6.10. The Bertz CT molecular complexity index is 388. The van der Waals surface area contributed by atoms with Crippen LogP contribution in [-0.2, 0) is 4.74 Å². The highest BCUT2D eigenvalue weighted by molar-refractivity contribution is 5.50. The van der Waals surface area contributed by atoms with Gasteiger partial charge in [0.1, 0.15) is 5.82 Å². The van der Waals surface area contributed by atoms with Crippen LogP contribution in [-0.4, -0.2) is 30.0 Å². The summed E-state index contributed by atoms with van der Waals surface area (Å²) < 4.78 is 18.5. The Morgan fingerprint density at radius 2 is 2.06 bits per heavy atom. The van der Waals surface area contributed by atoms with Crippen LogP contribution in [0.2, 0.25) is 0 Å². The van der Waals surface area contributed by atoms with Crippen molar-refractivity contribution >= 4 is 5.69 Å². The van der Waals surface area contributed by atoms with Crippen molar-refractivity contribution in [3.63, 3.8) is 0 Å². The van der Waals surface area contributed by atoms with Crippen LogP contribution in [0.15, 0.2) is 18.2 Å². The molecule has 1 atom stereocenters. The largest absolute Gasteiger partial charge is 0.389 e. The maximum Gasteiger partial charge on any atom is 0.125 e. The van der Waals surface area contributed by atoms with Crippen molar-refractivity contribution in [3.8, 4) is 0 Å². The normalized spacial score (nSPS) is 13.4. The first-order valence-corrected chi connectivity index (χ1v) is 6.10. The van der Waals surface area contributed by atoms with Crippen LogP contribution in [0, 0.1) is 12.7 Å². The van der Waals surface area contributed by atoms with Crippen LogP contribution in [0.1, 0.15) is 26.3 Å². The first kappa shape index (κ1) is 14.9. The quantitative estimate of drug-likeness (QED) is 0.850. The summed E-state index contributed by atoms with van der Waals surface area (Å²) in [7, 11) is 0. The monoisotopic (exact) mass is 255 g/mol. The third-order valence-electron chi connectivity index (χ3n) is 2.44. The van der Waals surface area contributed by atoms with Crippen molar-refractivity contribution in [3.05, 3.63) is 29.6 Å². The second-order valence-corrected chi connectivity index (χ2v) is 5.42. The third kappa shape index (κ3) is 5.47. The van der Waals surface area contributed by atoms with Gasteiger partial charge in [0.25, 0.3) is 0 Å². The molecule has 0 amide bonds. The molecule has 0 saturated heterocycles. The SMILES string of the molecule is Cc1ccc(F)cc1NCC(O)COC(C)(C)C. The van der Waals surface area contributed by atoms with Crippen LogP contribution in [0.25, 0.3) is 0 Å². The maximum absolute atomic E-state index is 13.0. The number of hydrogen-bond donors (Lipinski definition) is 2. The fourth-order valence-corrected chi connectivity index (χ4v) is 1.42. The highest BCUT2D eigenvalue weighted by Gasteiger charge is 2.13. The molecule has 0 aliphatic rings. The zero-order valence-corrected chi connectivity index (χ0v) is 11.5. The summed E-state index contributed by atoms with van der Waals surface area (Å²) in [6, 6.07) is 4.54. The van der Waals surface area contributed by atoms with Gasteiger partial charge in [0.2, 0.25) is 0 Å². The summed E-state index contributed by atoms with van der Waals surface area (Å²) in [6.07, 6.45) is -0.619. The average Bonchev–Trinajstić information content (AvgIpc) is 2.26. The van der Waals surface area contributed by atoms with Crippen molar-refractivity contribution < 1.29 is 14.2 Å². The Morgan fingerprint density at radius 3 is 2.67 bits per heavy atom. The van der Waals surface area contributed by atoms with E-state index in [2.05, 4.69) is 5.32 Å². The van der Waals surface area contributed by atoms with E-state index in [4.69, 9.17) is 4.74 Å². The summed E-state index contributed by atoms with van der Waals surface area (Å²) in [4.78, 5) is 0. The summed E-state index contributed by atoms with van der Waals surface area (Å²) >= 11 is 0. The fraction of sp³-hybridized carbons (Fsp3) is 0.571. The van der Waals surface area contributed by atoms with E-state index >= 15 is 0 Å². The molecule has 1 aromatic rings. The minimum absolute atomic E-state index is 0.255.